The first kappa shape index (κ1) is 14.9. The van der Waals surface area contributed by atoms with Crippen LogP contribution in [-0.2, 0) is 11.2 Å². The summed E-state index contributed by atoms with van der Waals surface area (Å²) in [6.07, 6.45) is 1.08. The van der Waals surface area contributed by atoms with Gasteiger partial charge in [0, 0.05) is 6.42 Å². The third kappa shape index (κ3) is 3.75. The smallest absolute Gasteiger partial charge is 0.224 e. The molecule has 1 N–H and O–H groups in total. The number of rotatable bonds is 4. The number of anilines is 1. The summed E-state index contributed by atoms with van der Waals surface area (Å²) in [5.74, 6) is -0.0942. The van der Waals surface area contributed by atoms with Crippen molar-refractivity contribution in [1.82, 2.24) is 0 Å². The summed E-state index contributed by atoms with van der Waals surface area (Å²) in [6.45, 7) is 1.87. The van der Waals surface area contributed by atoms with E-state index in [9.17, 15) is 4.79 Å². The molecule has 2 rings (SSSR count). The number of carbonyl (C=O) groups excluding carboxylic acids is 1. The van der Waals surface area contributed by atoms with E-state index < -0.39 is 0 Å². The molecule has 104 valence electrons. The van der Waals surface area contributed by atoms with Crippen LogP contribution >= 0.6 is 23.2 Å². The molecule has 0 saturated carbocycles. The van der Waals surface area contributed by atoms with E-state index in [1.165, 1.54) is 0 Å². The van der Waals surface area contributed by atoms with Crippen molar-refractivity contribution < 1.29 is 4.79 Å². The minimum absolute atomic E-state index is 0.0942. The van der Waals surface area contributed by atoms with Gasteiger partial charge in [-0.1, -0.05) is 59.6 Å². The van der Waals surface area contributed by atoms with Crippen LogP contribution in [0.5, 0.6) is 0 Å². The summed E-state index contributed by atoms with van der Waals surface area (Å²) in [5, 5.41) is 3.73. The van der Waals surface area contributed by atoms with Crippen LogP contribution in [0.1, 0.15) is 17.5 Å². The number of hydrogen-bond donors (Lipinski definition) is 1. The highest BCUT2D eigenvalue weighted by Gasteiger charge is 2.11. The number of benzene rings is 2. The minimum atomic E-state index is -0.0942. The third-order valence-electron chi connectivity index (χ3n) is 3.03. The predicted molar refractivity (Wildman–Crippen MR) is 84.6 cm³/mol. The number of amides is 1. The maximum Gasteiger partial charge on any atom is 0.224 e. The topological polar surface area (TPSA) is 29.1 Å². The Hall–Kier alpha value is -1.51. The molecular formula is C16H15Cl2NO. The van der Waals surface area contributed by atoms with Crippen molar-refractivity contribution in [3.8, 4) is 0 Å². The first-order chi connectivity index (χ1) is 9.58. The quantitative estimate of drug-likeness (QED) is 0.857. The highest BCUT2D eigenvalue weighted by molar-refractivity contribution is 6.40. The highest BCUT2D eigenvalue weighted by Crippen LogP contribution is 2.32. The molecule has 0 atom stereocenters. The van der Waals surface area contributed by atoms with Crippen LogP contribution in [0.4, 0.5) is 5.69 Å². The number of halogens is 2. The molecule has 0 radical (unpaired) electrons. The largest absolute Gasteiger partial charge is 0.324 e. The molecular weight excluding hydrogens is 293 g/mol. The zero-order chi connectivity index (χ0) is 14.5. The summed E-state index contributed by atoms with van der Waals surface area (Å²) in [6, 6.07) is 13.4. The van der Waals surface area contributed by atoms with Gasteiger partial charge in [-0.25, -0.2) is 0 Å². The number of nitrogens with one attached hydrogen (secondary N) is 1. The van der Waals surface area contributed by atoms with Gasteiger partial charge in [-0.05, 0) is 30.5 Å². The second-order valence-electron chi connectivity index (χ2n) is 4.59. The number of carbonyl (C=O) groups is 1. The average molecular weight is 308 g/mol. The molecule has 0 unspecified atom stereocenters. The lowest BCUT2D eigenvalue weighted by Crippen LogP contribution is -2.13. The van der Waals surface area contributed by atoms with Crippen molar-refractivity contribution in [3.63, 3.8) is 0 Å². The van der Waals surface area contributed by atoms with E-state index in [0.29, 0.717) is 28.6 Å². The van der Waals surface area contributed by atoms with Crippen molar-refractivity contribution in [1.29, 1.82) is 0 Å². The average Bonchev–Trinajstić information content (AvgIpc) is 2.46. The summed E-state index contributed by atoms with van der Waals surface area (Å²) in [7, 11) is 0. The normalized spacial score (nSPS) is 10.3. The van der Waals surface area contributed by atoms with Gasteiger partial charge in [0.15, 0.2) is 0 Å². The lowest BCUT2D eigenvalue weighted by atomic mass is 10.1. The highest BCUT2D eigenvalue weighted by atomic mass is 35.5. The van der Waals surface area contributed by atoms with E-state index in [1.54, 1.807) is 6.07 Å². The fourth-order valence-corrected chi connectivity index (χ4v) is 2.34. The Morgan fingerprint density at radius 2 is 1.80 bits per heavy atom. The Morgan fingerprint density at radius 1 is 1.10 bits per heavy atom. The van der Waals surface area contributed by atoms with Crippen LogP contribution in [0.25, 0.3) is 0 Å². The molecule has 2 aromatic rings. The van der Waals surface area contributed by atoms with E-state index in [2.05, 4.69) is 5.32 Å². The molecule has 1 amide bonds. The summed E-state index contributed by atoms with van der Waals surface area (Å²) in [5.41, 5.74) is 2.50. The van der Waals surface area contributed by atoms with Crippen molar-refractivity contribution in [2.45, 2.75) is 19.8 Å². The van der Waals surface area contributed by atoms with Crippen LogP contribution < -0.4 is 5.32 Å². The van der Waals surface area contributed by atoms with E-state index in [-0.39, 0.29) is 5.91 Å². The van der Waals surface area contributed by atoms with E-state index >= 15 is 0 Å². The zero-order valence-electron chi connectivity index (χ0n) is 11.1. The van der Waals surface area contributed by atoms with Crippen molar-refractivity contribution in [2.75, 3.05) is 5.32 Å². The van der Waals surface area contributed by atoms with Gasteiger partial charge < -0.3 is 5.32 Å². The maximum absolute atomic E-state index is 12.0. The van der Waals surface area contributed by atoms with Gasteiger partial charge in [-0.2, -0.15) is 0 Å². The molecule has 0 aliphatic carbocycles. The Kier molecular flexibility index (Phi) is 5.05. The SMILES string of the molecule is Cc1ccc(Cl)c(NC(=O)CCc2ccccc2)c1Cl. The van der Waals surface area contributed by atoms with Crippen LogP contribution in [-0.4, -0.2) is 5.91 Å². The van der Waals surface area contributed by atoms with E-state index in [0.717, 1.165) is 11.1 Å². The van der Waals surface area contributed by atoms with Crippen LogP contribution in [0.2, 0.25) is 10.0 Å². The lowest BCUT2D eigenvalue weighted by Gasteiger charge is -2.11. The molecule has 2 aromatic carbocycles. The Balaban J connectivity index is 2.00. The molecule has 20 heavy (non-hydrogen) atoms. The fraction of sp³-hybridized carbons (Fsp3) is 0.188. The monoisotopic (exact) mass is 307 g/mol. The van der Waals surface area contributed by atoms with E-state index in [1.807, 2.05) is 43.3 Å². The van der Waals surface area contributed by atoms with Crippen LogP contribution in [0, 0.1) is 6.92 Å². The van der Waals surface area contributed by atoms with Gasteiger partial charge in [0.25, 0.3) is 0 Å². The first-order valence-electron chi connectivity index (χ1n) is 6.36. The molecule has 0 saturated heterocycles. The van der Waals surface area contributed by atoms with Crippen LogP contribution in [0.15, 0.2) is 42.5 Å². The van der Waals surface area contributed by atoms with Crippen molar-refractivity contribution >= 4 is 34.8 Å². The van der Waals surface area contributed by atoms with Gasteiger partial charge in [0.05, 0.1) is 15.7 Å². The summed E-state index contributed by atoms with van der Waals surface area (Å²) < 4.78 is 0. The molecule has 4 heteroatoms. The van der Waals surface area contributed by atoms with Gasteiger partial charge in [0.1, 0.15) is 0 Å². The second-order valence-corrected chi connectivity index (χ2v) is 5.37. The van der Waals surface area contributed by atoms with E-state index in [4.69, 9.17) is 23.2 Å². The molecule has 0 fully saturated rings. The van der Waals surface area contributed by atoms with Crippen molar-refractivity contribution in [2.24, 2.45) is 0 Å². The second kappa shape index (κ2) is 6.78. The van der Waals surface area contributed by atoms with Crippen molar-refractivity contribution in [3.05, 3.63) is 63.6 Å². The maximum atomic E-state index is 12.0. The van der Waals surface area contributed by atoms with Gasteiger partial charge in [0.2, 0.25) is 5.91 Å². The molecule has 2 nitrogen and oxygen atoms in total. The number of aryl methyl sites for hydroxylation is 2. The molecule has 0 bridgehead atoms. The Morgan fingerprint density at radius 3 is 2.50 bits per heavy atom. The standard InChI is InChI=1S/C16H15Cl2NO/c1-11-7-9-13(17)16(15(11)18)19-14(20)10-8-12-5-3-2-4-6-12/h2-7,9H,8,10H2,1H3,(H,19,20). The summed E-state index contributed by atoms with van der Waals surface area (Å²) in [4.78, 5) is 12.0. The van der Waals surface area contributed by atoms with Gasteiger partial charge in [-0.15, -0.1) is 0 Å². The molecule has 0 spiro atoms. The molecule has 0 aliphatic rings. The molecule has 0 aliphatic heterocycles. The Labute approximate surface area is 128 Å². The fourth-order valence-electron chi connectivity index (χ4n) is 1.88. The van der Waals surface area contributed by atoms with Crippen LogP contribution in [0.3, 0.4) is 0 Å². The van der Waals surface area contributed by atoms with Gasteiger partial charge >= 0.3 is 0 Å². The molecule has 0 aromatic heterocycles. The summed E-state index contributed by atoms with van der Waals surface area (Å²) >= 11 is 12.2. The minimum Gasteiger partial charge on any atom is -0.324 e. The predicted octanol–water partition coefficient (Wildman–Crippen LogP) is 4.87. The lowest BCUT2D eigenvalue weighted by molar-refractivity contribution is -0.116. The third-order valence-corrected chi connectivity index (χ3v) is 3.83. The first-order valence-corrected chi connectivity index (χ1v) is 7.12. The zero-order valence-corrected chi connectivity index (χ0v) is 12.6. The van der Waals surface area contributed by atoms with Gasteiger partial charge in [-0.3, -0.25) is 4.79 Å². The molecule has 0 heterocycles. The number of hydrogen-bond acceptors (Lipinski definition) is 1. The Bertz CT molecular complexity index is 611.